The Hall–Kier alpha value is -2.53. The molecule has 5 heteroatoms. The zero-order chi connectivity index (χ0) is 17.1. The number of pyridine rings is 1. The number of benzene rings is 1. The van der Waals surface area contributed by atoms with Crippen molar-refractivity contribution < 1.29 is 4.79 Å². The summed E-state index contributed by atoms with van der Waals surface area (Å²) in [6.45, 7) is 0.813. The highest BCUT2D eigenvalue weighted by atomic mass is 32.1. The number of hydrogen-bond donors (Lipinski definition) is 0. The third-order valence-corrected chi connectivity index (χ3v) is 5.41. The van der Waals surface area contributed by atoms with Crippen molar-refractivity contribution in [1.29, 1.82) is 0 Å². The van der Waals surface area contributed by atoms with Crippen molar-refractivity contribution in [2.75, 3.05) is 11.4 Å². The van der Waals surface area contributed by atoms with E-state index in [9.17, 15) is 4.79 Å². The van der Waals surface area contributed by atoms with E-state index in [0.29, 0.717) is 12.8 Å². The van der Waals surface area contributed by atoms with Gasteiger partial charge in [0.1, 0.15) is 5.01 Å². The number of aromatic nitrogens is 2. The van der Waals surface area contributed by atoms with Gasteiger partial charge in [0.15, 0.2) is 0 Å². The highest BCUT2D eigenvalue weighted by Gasteiger charge is 2.22. The molecule has 0 spiro atoms. The number of amides is 1. The summed E-state index contributed by atoms with van der Waals surface area (Å²) in [6, 6.07) is 12.1. The predicted octanol–water partition coefficient (Wildman–Crippen LogP) is 4.12. The Bertz CT molecular complexity index is 875. The standard InChI is InChI=1S/C20H19N3OS/c24-19(23-12-4-7-15-5-1-2-8-18(15)23)10-9-17-14-25-20(22-17)16-6-3-11-21-13-16/h1-3,5-6,8,11,13-14H,4,7,9-10,12H2. The average Bonchev–Trinajstić information content (AvgIpc) is 3.15. The molecule has 0 atom stereocenters. The molecule has 4 rings (SSSR count). The second kappa shape index (κ2) is 7.15. The topological polar surface area (TPSA) is 46.1 Å². The van der Waals surface area contributed by atoms with E-state index in [4.69, 9.17) is 0 Å². The minimum atomic E-state index is 0.183. The van der Waals surface area contributed by atoms with Crippen LogP contribution in [0.4, 0.5) is 5.69 Å². The third kappa shape index (κ3) is 3.46. The lowest BCUT2D eigenvalue weighted by atomic mass is 10.0. The van der Waals surface area contributed by atoms with Gasteiger partial charge in [-0.3, -0.25) is 9.78 Å². The smallest absolute Gasteiger partial charge is 0.227 e. The van der Waals surface area contributed by atoms with Crippen molar-refractivity contribution in [2.24, 2.45) is 0 Å². The Morgan fingerprint density at radius 1 is 1.20 bits per heavy atom. The highest BCUT2D eigenvalue weighted by molar-refractivity contribution is 7.13. The molecule has 4 nitrogen and oxygen atoms in total. The van der Waals surface area contributed by atoms with Gasteiger partial charge in [0.2, 0.25) is 5.91 Å². The van der Waals surface area contributed by atoms with E-state index in [2.05, 4.69) is 22.1 Å². The van der Waals surface area contributed by atoms with Gasteiger partial charge < -0.3 is 4.90 Å². The molecule has 0 fully saturated rings. The van der Waals surface area contributed by atoms with Gasteiger partial charge in [-0.05, 0) is 43.0 Å². The van der Waals surface area contributed by atoms with Crippen molar-refractivity contribution >= 4 is 22.9 Å². The van der Waals surface area contributed by atoms with Crippen LogP contribution in [0.2, 0.25) is 0 Å². The SMILES string of the molecule is O=C(CCc1csc(-c2cccnc2)n1)N1CCCc2ccccc21. The van der Waals surface area contributed by atoms with Gasteiger partial charge in [-0.15, -0.1) is 11.3 Å². The monoisotopic (exact) mass is 349 g/mol. The summed E-state index contributed by atoms with van der Waals surface area (Å²) in [5, 5.41) is 3.00. The van der Waals surface area contributed by atoms with E-state index in [-0.39, 0.29) is 5.91 Å². The van der Waals surface area contributed by atoms with Crippen molar-refractivity contribution in [1.82, 2.24) is 9.97 Å². The van der Waals surface area contributed by atoms with Crippen LogP contribution >= 0.6 is 11.3 Å². The van der Waals surface area contributed by atoms with E-state index in [0.717, 1.165) is 41.3 Å². The summed E-state index contributed by atoms with van der Waals surface area (Å²) in [5.41, 5.74) is 4.35. The maximum absolute atomic E-state index is 12.7. The number of para-hydroxylation sites is 1. The largest absolute Gasteiger partial charge is 0.312 e. The molecule has 0 radical (unpaired) electrons. The number of thiazole rings is 1. The molecule has 0 saturated carbocycles. The predicted molar refractivity (Wildman–Crippen MR) is 101 cm³/mol. The Labute approximate surface area is 151 Å². The van der Waals surface area contributed by atoms with E-state index in [1.165, 1.54) is 5.56 Å². The molecule has 25 heavy (non-hydrogen) atoms. The Kier molecular flexibility index (Phi) is 4.57. The minimum absolute atomic E-state index is 0.183. The van der Waals surface area contributed by atoms with E-state index in [1.807, 2.05) is 40.7 Å². The molecule has 1 aliphatic heterocycles. The molecule has 0 aliphatic carbocycles. The van der Waals surface area contributed by atoms with E-state index >= 15 is 0 Å². The number of carbonyl (C=O) groups excluding carboxylic acids is 1. The van der Waals surface area contributed by atoms with Crippen LogP contribution in [0.1, 0.15) is 24.1 Å². The van der Waals surface area contributed by atoms with Crippen LogP contribution in [0.5, 0.6) is 0 Å². The van der Waals surface area contributed by atoms with Gasteiger partial charge in [-0.25, -0.2) is 4.98 Å². The lowest BCUT2D eigenvalue weighted by Gasteiger charge is -2.29. The molecule has 1 aromatic carbocycles. The van der Waals surface area contributed by atoms with Crippen LogP contribution < -0.4 is 4.90 Å². The molecule has 0 bridgehead atoms. The number of nitrogens with zero attached hydrogens (tertiary/aromatic N) is 3. The molecular formula is C20H19N3OS. The summed E-state index contributed by atoms with van der Waals surface area (Å²) < 4.78 is 0. The molecule has 2 aromatic heterocycles. The first-order chi connectivity index (χ1) is 12.3. The number of carbonyl (C=O) groups is 1. The van der Waals surface area contributed by atoms with Crippen LogP contribution in [0, 0.1) is 0 Å². The molecule has 126 valence electrons. The van der Waals surface area contributed by atoms with Crippen molar-refractivity contribution in [3.63, 3.8) is 0 Å². The zero-order valence-corrected chi connectivity index (χ0v) is 14.7. The van der Waals surface area contributed by atoms with Crippen LogP contribution in [0.25, 0.3) is 10.6 Å². The summed E-state index contributed by atoms with van der Waals surface area (Å²) in [5.74, 6) is 0.183. The minimum Gasteiger partial charge on any atom is -0.312 e. The first kappa shape index (κ1) is 16.0. The zero-order valence-electron chi connectivity index (χ0n) is 13.9. The van der Waals surface area contributed by atoms with Gasteiger partial charge in [0.05, 0.1) is 5.69 Å². The summed E-state index contributed by atoms with van der Waals surface area (Å²) in [4.78, 5) is 23.4. The molecular weight excluding hydrogens is 330 g/mol. The summed E-state index contributed by atoms with van der Waals surface area (Å²) in [7, 11) is 0. The van der Waals surface area contributed by atoms with E-state index < -0.39 is 0 Å². The second-order valence-electron chi connectivity index (χ2n) is 6.16. The third-order valence-electron chi connectivity index (χ3n) is 4.47. The van der Waals surface area contributed by atoms with E-state index in [1.54, 1.807) is 17.5 Å². The first-order valence-electron chi connectivity index (χ1n) is 8.54. The van der Waals surface area contributed by atoms with Crippen LogP contribution in [0.3, 0.4) is 0 Å². The molecule has 0 unspecified atom stereocenters. The van der Waals surface area contributed by atoms with Crippen LogP contribution in [0.15, 0.2) is 54.2 Å². The van der Waals surface area contributed by atoms with Gasteiger partial charge in [0, 0.05) is 42.0 Å². The molecule has 0 N–H and O–H groups in total. The van der Waals surface area contributed by atoms with Crippen molar-refractivity contribution in [3.05, 3.63) is 65.4 Å². The number of fused-ring (bicyclic) bond motifs is 1. The van der Waals surface area contributed by atoms with Crippen molar-refractivity contribution in [3.8, 4) is 10.6 Å². The molecule has 1 amide bonds. The fourth-order valence-electron chi connectivity index (χ4n) is 3.21. The number of rotatable bonds is 4. The quantitative estimate of drug-likeness (QED) is 0.712. The first-order valence-corrected chi connectivity index (χ1v) is 9.42. The second-order valence-corrected chi connectivity index (χ2v) is 7.02. The van der Waals surface area contributed by atoms with Crippen LogP contribution in [-0.4, -0.2) is 22.4 Å². The van der Waals surface area contributed by atoms with Gasteiger partial charge in [-0.2, -0.15) is 0 Å². The average molecular weight is 349 g/mol. The summed E-state index contributed by atoms with van der Waals surface area (Å²) >= 11 is 1.60. The number of anilines is 1. The van der Waals surface area contributed by atoms with Gasteiger partial charge in [0.25, 0.3) is 0 Å². The summed E-state index contributed by atoms with van der Waals surface area (Å²) in [6.07, 6.45) is 6.83. The number of aryl methyl sites for hydroxylation is 2. The fraction of sp³-hybridized carbons (Fsp3) is 0.250. The maximum Gasteiger partial charge on any atom is 0.227 e. The van der Waals surface area contributed by atoms with Gasteiger partial charge >= 0.3 is 0 Å². The fourth-order valence-corrected chi connectivity index (χ4v) is 4.05. The lowest BCUT2D eigenvalue weighted by Crippen LogP contribution is -2.35. The number of hydrogen-bond acceptors (Lipinski definition) is 4. The molecule has 0 saturated heterocycles. The van der Waals surface area contributed by atoms with Crippen LogP contribution in [-0.2, 0) is 17.6 Å². The highest BCUT2D eigenvalue weighted by Crippen LogP contribution is 2.28. The van der Waals surface area contributed by atoms with Gasteiger partial charge in [-0.1, -0.05) is 18.2 Å². The molecule has 1 aliphatic rings. The lowest BCUT2D eigenvalue weighted by molar-refractivity contribution is -0.118. The molecule has 3 aromatic rings. The molecule has 3 heterocycles. The Morgan fingerprint density at radius 2 is 2.12 bits per heavy atom. The Balaban J connectivity index is 1.42. The Morgan fingerprint density at radius 3 is 3.00 bits per heavy atom. The normalized spacial score (nSPS) is 13.5. The van der Waals surface area contributed by atoms with Crippen molar-refractivity contribution in [2.45, 2.75) is 25.7 Å². The maximum atomic E-state index is 12.7.